The summed E-state index contributed by atoms with van der Waals surface area (Å²) in [6.07, 6.45) is 3.99. The average Bonchev–Trinajstić information content (AvgIpc) is 3.38. The molecule has 5 heteroatoms. The number of halogens is 1. The molecular weight excluding hydrogens is 396 g/mol. The van der Waals surface area contributed by atoms with Gasteiger partial charge < -0.3 is 14.0 Å². The largest absolute Gasteiger partial charge is 0.454 e. The number of hydrogen-bond donors (Lipinski definition) is 0. The first-order valence-electron chi connectivity index (χ1n) is 9.56. The summed E-state index contributed by atoms with van der Waals surface area (Å²) in [5.41, 5.74) is 4.48. The van der Waals surface area contributed by atoms with Gasteiger partial charge >= 0.3 is 0 Å². The summed E-state index contributed by atoms with van der Waals surface area (Å²) in [7, 11) is 0. The highest BCUT2D eigenvalue weighted by Crippen LogP contribution is 2.35. The second-order valence-corrected chi connectivity index (χ2v) is 7.47. The van der Waals surface area contributed by atoms with Gasteiger partial charge in [0, 0.05) is 34.2 Å². The first-order chi connectivity index (χ1) is 14.7. The summed E-state index contributed by atoms with van der Waals surface area (Å²) in [4.78, 5) is 0. The highest BCUT2D eigenvalue weighted by molar-refractivity contribution is 6.31. The topological polar surface area (TPSA) is 47.2 Å². The predicted molar refractivity (Wildman–Crippen MR) is 119 cm³/mol. The fourth-order valence-electron chi connectivity index (χ4n) is 3.73. The van der Waals surface area contributed by atoms with Gasteiger partial charge in [0.25, 0.3) is 0 Å². The molecule has 1 aliphatic heterocycles. The number of para-hydroxylation sites is 1. The van der Waals surface area contributed by atoms with Crippen molar-refractivity contribution in [1.82, 2.24) is 4.57 Å². The molecule has 0 aliphatic carbocycles. The van der Waals surface area contributed by atoms with E-state index in [-0.39, 0.29) is 6.79 Å². The Morgan fingerprint density at radius 3 is 2.70 bits per heavy atom. The van der Waals surface area contributed by atoms with Crippen molar-refractivity contribution in [3.63, 3.8) is 0 Å². The van der Waals surface area contributed by atoms with E-state index in [9.17, 15) is 5.26 Å². The first kappa shape index (κ1) is 18.4. The van der Waals surface area contributed by atoms with E-state index in [1.807, 2.05) is 60.7 Å². The zero-order chi connectivity index (χ0) is 20.5. The van der Waals surface area contributed by atoms with E-state index < -0.39 is 0 Å². The van der Waals surface area contributed by atoms with Crippen LogP contribution in [0.1, 0.15) is 16.7 Å². The molecule has 0 bridgehead atoms. The molecule has 0 saturated carbocycles. The Bertz CT molecular complexity index is 1330. The lowest BCUT2D eigenvalue weighted by Gasteiger charge is -2.07. The SMILES string of the molecule is N#C/C(=C/c1cn(Cc2ccccc2Cl)c2ccccc12)c1ccc2c(c1)OCO2. The molecule has 0 saturated heterocycles. The average molecular weight is 413 g/mol. The minimum Gasteiger partial charge on any atom is -0.454 e. The molecule has 5 rings (SSSR count). The highest BCUT2D eigenvalue weighted by Gasteiger charge is 2.15. The Labute approximate surface area is 179 Å². The van der Waals surface area contributed by atoms with Crippen LogP contribution >= 0.6 is 11.6 Å². The molecule has 0 atom stereocenters. The van der Waals surface area contributed by atoms with Crippen molar-refractivity contribution < 1.29 is 9.47 Å². The predicted octanol–water partition coefficient (Wildman–Crippen LogP) is 6.14. The lowest BCUT2D eigenvalue weighted by atomic mass is 10.0. The Kier molecular flexibility index (Phi) is 4.66. The number of ether oxygens (including phenoxy) is 2. The van der Waals surface area contributed by atoms with Gasteiger partial charge in [0.15, 0.2) is 11.5 Å². The van der Waals surface area contributed by atoms with Crippen LogP contribution in [0.4, 0.5) is 0 Å². The Balaban J connectivity index is 1.59. The van der Waals surface area contributed by atoms with Crippen LogP contribution in [0.3, 0.4) is 0 Å². The molecule has 0 amide bonds. The van der Waals surface area contributed by atoms with E-state index in [1.165, 1.54) is 0 Å². The van der Waals surface area contributed by atoms with Crippen molar-refractivity contribution in [3.05, 3.63) is 94.6 Å². The van der Waals surface area contributed by atoms with Gasteiger partial charge in [0.05, 0.1) is 11.6 Å². The summed E-state index contributed by atoms with van der Waals surface area (Å²) < 4.78 is 13.0. The van der Waals surface area contributed by atoms with Crippen molar-refractivity contribution in [2.75, 3.05) is 6.79 Å². The van der Waals surface area contributed by atoms with Crippen molar-refractivity contribution in [2.24, 2.45) is 0 Å². The lowest BCUT2D eigenvalue weighted by molar-refractivity contribution is 0.174. The number of aromatic nitrogens is 1. The van der Waals surface area contributed by atoms with Crippen LogP contribution in [0.2, 0.25) is 5.02 Å². The maximum absolute atomic E-state index is 9.83. The Morgan fingerprint density at radius 2 is 1.83 bits per heavy atom. The molecule has 146 valence electrons. The number of rotatable bonds is 4. The smallest absolute Gasteiger partial charge is 0.231 e. The third-order valence-electron chi connectivity index (χ3n) is 5.22. The van der Waals surface area contributed by atoms with Crippen molar-refractivity contribution >= 4 is 34.2 Å². The van der Waals surface area contributed by atoms with Crippen molar-refractivity contribution in [2.45, 2.75) is 6.54 Å². The maximum Gasteiger partial charge on any atom is 0.231 e. The molecular formula is C25H17ClN2O2. The fourth-order valence-corrected chi connectivity index (χ4v) is 3.93. The second kappa shape index (κ2) is 7.62. The van der Waals surface area contributed by atoms with Gasteiger partial charge in [0.1, 0.15) is 0 Å². The van der Waals surface area contributed by atoms with Gasteiger partial charge in [-0.3, -0.25) is 0 Å². The van der Waals surface area contributed by atoms with Gasteiger partial charge in [-0.05, 0) is 47.5 Å². The molecule has 30 heavy (non-hydrogen) atoms. The van der Waals surface area contributed by atoms with E-state index in [2.05, 4.69) is 29.0 Å². The third kappa shape index (κ3) is 3.30. The van der Waals surface area contributed by atoms with Crippen LogP contribution in [0.5, 0.6) is 11.5 Å². The molecule has 4 aromatic rings. The molecule has 0 N–H and O–H groups in total. The van der Waals surface area contributed by atoms with Crippen LogP contribution in [-0.2, 0) is 6.54 Å². The van der Waals surface area contributed by atoms with E-state index in [0.29, 0.717) is 23.6 Å². The summed E-state index contributed by atoms with van der Waals surface area (Å²) in [5.74, 6) is 1.36. The normalized spacial score (nSPS) is 12.9. The minimum atomic E-state index is 0.208. The van der Waals surface area contributed by atoms with E-state index in [4.69, 9.17) is 21.1 Å². The van der Waals surface area contributed by atoms with E-state index >= 15 is 0 Å². The number of benzene rings is 3. The number of nitriles is 1. The summed E-state index contributed by atoms with van der Waals surface area (Å²) in [6, 6.07) is 23.9. The minimum absolute atomic E-state index is 0.208. The molecule has 4 nitrogen and oxygen atoms in total. The maximum atomic E-state index is 9.83. The van der Waals surface area contributed by atoms with Crippen LogP contribution in [-0.4, -0.2) is 11.4 Å². The number of allylic oxidation sites excluding steroid dienone is 1. The Hall–Kier alpha value is -3.68. The van der Waals surface area contributed by atoms with E-state index in [0.717, 1.165) is 32.6 Å². The van der Waals surface area contributed by atoms with Gasteiger partial charge in [0.2, 0.25) is 6.79 Å². The molecule has 0 radical (unpaired) electrons. The van der Waals surface area contributed by atoms with Gasteiger partial charge in [-0.1, -0.05) is 48.0 Å². The quantitative estimate of drug-likeness (QED) is 0.378. The van der Waals surface area contributed by atoms with Crippen molar-refractivity contribution in [3.8, 4) is 17.6 Å². The summed E-state index contributed by atoms with van der Waals surface area (Å²) in [5, 5.41) is 11.6. The van der Waals surface area contributed by atoms with Crippen LogP contribution in [0.15, 0.2) is 72.9 Å². The molecule has 0 fully saturated rings. The van der Waals surface area contributed by atoms with Gasteiger partial charge in [-0.25, -0.2) is 0 Å². The van der Waals surface area contributed by atoms with Gasteiger partial charge in [-0.15, -0.1) is 0 Å². The number of nitrogens with zero attached hydrogens (tertiary/aromatic N) is 2. The molecule has 2 heterocycles. The summed E-state index contributed by atoms with van der Waals surface area (Å²) >= 11 is 6.37. The van der Waals surface area contributed by atoms with Gasteiger partial charge in [-0.2, -0.15) is 5.26 Å². The molecule has 3 aromatic carbocycles. The highest BCUT2D eigenvalue weighted by atomic mass is 35.5. The monoisotopic (exact) mass is 412 g/mol. The van der Waals surface area contributed by atoms with E-state index in [1.54, 1.807) is 0 Å². The fraction of sp³-hybridized carbons (Fsp3) is 0.0800. The molecule has 0 spiro atoms. The van der Waals surface area contributed by atoms with Crippen LogP contribution < -0.4 is 9.47 Å². The van der Waals surface area contributed by atoms with Crippen molar-refractivity contribution in [1.29, 1.82) is 5.26 Å². The number of fused-ring (bicyclic) bond motifs is 2. The molecule has 0 unspecified atom stereocenters. The third-order valence-corrected chi connectivity index (χ3v) is 5.59. The Morgan fingerprint density at radius 1 is 1.03 bits per heavy atom. The van der Waals surface area contributed by atoms with Crippen LogP contribution in [0.25, 0.3) is 22.6 Å². The lowest BCUT2D eigenvalue weighted by Crippen LogP contribution is -1.98. The standard InChI is InChI=1S/C25H17ClN2O2/c26-22-7-3-1-5-18(22)14-28-15-20(21-6-2-4-8-23(21)28)11-19(13-27)17-9-10-24-25(12-17)30-16-29-24/h1-12,15H,14,16H2/b19-11-. The number of hydrogen-bond acceptors (Lipinski definition) is 3. The first-order valence-corrected chi connectivity index (χ1v) is 9.94. The zero-order valence-corrected chi connectivity index (χ0v) is 16.8. The summed E-state index contributed by atoms with van der Waals surface area (Å²) in [6.45, 7) is 0.861. The van der Waals surface area contributed by atoms with Crippen LogP contribution in [0, 0.1) is 11.3 Å². The molecule has 1 aliphatic rings. The molecule has 1 aromatic heterocycles. The second-order valence-electron chi connectivity index (χ2n) is 7.06. The zero-order valence-electron chi connectivity index (χ0n) is 16.0.